The quantitative estimate of drug-likeness (QED) is 0.504. The molecule has 1 aromatic carbocycles. The first-order chi connectivity index (χ1) is 9.65. The van der Waals surface area contributed by atoms with E-state index in [-0.39, 0.29) is 17.8 Å². The van der Waals surface area contributed by atoms with Crippen LogP contribution in [0.1, 0.15) is 38.5 Å². The van der Waals surface area contributed by atoms with E-state index in [4.69, 9.17) is 0 Å². The predicted octanol–water partition coefficient (Wildman–Crippen LogP) is 3.44. The maximum atomic E-state index is 11.9. The zero-order valence-corrected chi connectivity index (χ0v) is 11.3. The lowest BCUT2D eigenvalue weighted by atomic mass is 10.1. The van der Waals surface area contributed by atoms with Crippen LogP contribution in [0.5, 0.6) is 0 Å². The summed E-state index contributed by atoms with van der Waals surface area (Å²) in [6, 6.07) is 5.86. The van der Waals surface area contributed by atoms with Crippen molar-refractivity contribution in [2.45, 2.75) is 44.6 Å². The number of nitrogens with zero attached hydrogens (tertiary/aromatic N) is 1. The first-order valence-electron chi connectivity index (χ1n) is 6.97. The second-order valence-electron chi connectivity index (χ2n) is 5.09. The Morgan fingerprint density at radius 1 is 1.20 bits per heavy atom. The number of anilines is 1. The van der Waals surface area contributed by atoms with Crippen LogP contribution in [0.4, 0.5) is 16.2 Å². The Bertz CT molecular complexity index is 482. The van der Waals surface area contributed by atoms with E-state index >= 15 is 0 Å². The molecule has 6 heteroatoms. The maximum Gasteiger partial charge on any atom is 0.319 e. The molecule has 1 aliphatic rings. The molecular formula is C14H19N3O3. The fourth-order valence-corrected chi connectivity index (χ4v) is 2.47. The predicted molar refractivity (Wildman–Crippen MR) is 76.7 cm³/mol. The van der Waals surface area contributed by atoms with Gasteiger partial charge in [-0.2, -0.15) is 0 Å². The Labute approximate surface area is 117 Å². The Balaban J connectivity index is 1.90. The molecule has 108 valence electrons. The van der Waals surface area contributed by atoms with Gasteiger partial charge in [-0.1, -0.05) is 31.7 Å². The number of nitro groups is 1. The molecule has 0 unspecified atom stereocenters. The average molecular weight is 277 g/mol. The molecule has 0 aliphatic heterocycles. The fourth-order valence-electron chi connectivity index (χ4n) is 2.47. The molecule has 0 saturated heterocycles. The highest BCUT2D eigenvalue weighted by Crippen LogP contribution is 2.19. The van der Waals surface area contributed by atoms with Gasteiger partial charge in [0.1, 0.15) is 0 Å². The van der Waals surface area contributed by atoms with Crippen LogP contribution in [-0.4, -0.2) is 17.0 Å². The third kappa shape index (κ3) is 4.22. The SMILES string of the molecule is O=C(Nc1cccc([N+](=O)[O-])c1)NC1CCCCCC1. The van der Waals surface area contributed by atoms with Crippen molar-refractivity contribution in [3.05, 3.63) is 34.4 Å². The summed E-state index contributed by atoms with van der Waals surface area (Å²) < 4.78 is 0. The van der Waals surface area contributed by atoms with Crippen molar-refractivity contribution in [1.82, 2.24) is 5.32 Å². The molecule has 20 heavy (non-hydrogen) atoms. The summed E-state index contributed by atoms with van der Waals surface area (Å²) in [5.41, 5.74) is 0.405. The Morgan fingerprint density at radius 3 is 2.55 bits per heavy atom. The first kappa shape index (κ1) is 14.3. The molecule has 0 bridgehead atoms. The van der Waals surface area contributed by atoms with E-state index in [9.17, 15) is 14.9 Å². The highest BCUT2D eigenvalue weighted by atomic mass is 16.6. The summed E-state index contributed by atoms with van der Waals surface area (Å²) in [5.74, 6) is 0. The van der Waals surface area contributed by atoms with Gasteiger partial charge >= 0.3 is 6.03 Å². The summed E-state index contributed by atoms with van der Waals surface area (Å²) in [7, 11) is 0. The van der Waals surface area contributed by atoms with Crippen molar-refractivity contribution < 1.29 is 9.72 Å². The molecule has 2 amide bonds. The van der Waals surface area contributed by atoms with Crippen LogP contribution in [0.3, 0.4) is 0 Å². The second-order valence-corrected chi connectivity index (χ2v) is 5.09. The van der Waals surface area contributed by atoms with Gasteiger partial charge < -0.3 is 10.6 Å². The Morgan fingerprint density at radius 2 is 1.90 bits per heavy atom. The van der Waals surface area contributed by atoms with Crippen molar-refractivity contribution in [1.29, 1.82) is 0 Å². The molecule has 0 radical (unpaired) electrons. The van der Waals surface area contributed by atoms with Gasteiger partial charge in [-0.25, -0.2) is 4.79 Å². The molecule has 0 atom stereocenters. The van der Waals surface area contributed by atoms with Crippen molar-refractivity contribution in [2.24, 2.45) is 0 Å². The third-order valence-corrected chi connectivity index (χ3v) is 3.51. The van der Waals surface area contributed by atoms with Gasteiger partial charge in [0.15, 0.2) is 0 Å². The lowest BCUT2D eigenvalue weighted by molar-refractivity contribution is -0.384. The van der Waals surface area contributed by atoms with Crippen LogP contribution in [0.15, 0.2) is 24.3 Å². The molecule has 0 aromatic heterocycles. The molecule has 1 fully saturated rings. The number of carbonyl (C=O) groups excluding carboxylic acids is 1. The number of nitro benzene ring substituents is 1. The molecule has 2 N–H and O–H groups in total. The number of amides is 2. The molecule has 0 spiro atoms. The molecule has 2 rings (SSSR count). The van der Waals surface area contributed by atoms with E-state index in [2.05, 4.69) is 10.6 Å². The number of urea groups is 1. The molecule has 6 nitrogen and oxygen atoms in total. The van der Waals surface area contributed by atoms with Gasteiger partial charge in [-0.05, 0) is 18.9 Å². The molecule has 1 aromatic rings. The van der Waals surface area contributed by atoms with E-state index in [1.54, 1.807) is 12.1 Å². The lowest BCUT2D eigenvalue weighted by Crippen LogP contribution is -2.37. The summed E-state index contributed by atoms with van der Waals surface area (Å²) in [5, 5.41) is 16.3. The van der Waals surface area contributed by atoms with Crippen molar-refractivity contribution in [3.8, 4) is 0 Å². The highest BCUT2D eigenvalue weighted by molar-refractivity contribution is 5.89. The number of rotatable bonds is 3. The first-order valence-corrected chi connectivity index (χ1v) is 6.97. The van der Waals surface area contributed by atoms with Gasteiger partial charge in [-0.3, -0.25) is 10.1 Å². The summed E-state index contributed by atoms with van der Waals surface area (Å²) in [4.78, 5) is 22.1. The highest BCUT2D eigenvalue weighted by Gasteiger charge is 2.15. The number of nitrogens with one attached hydrogen (secondary N) is 2. The third-order valence-electron chi connectivity index (χ3n) is 3.51. The number of non-ortho nitro benzene ring substituents is 1. The smallest absolute Gasteiger partial charge is 0.319 e. The van der Waals surface area contributed by atoms with Gasteiger partial charge in [0.05, 0.1) is 4.92 Å². The minimum Gasteiger partial charge on any atom is -0.335 e. The zero-order chi connectivity index (χ0) is 14.4. The van der Waals surface area contributed by atoms with Crippen molar-refractivity contribution in [3.63, 3.8) is 0 Å². The zero-order valence-electron chi connectivity index (χ0n) is 11.3. The maximum absolute atomic E-state index is 11.9. The molecular weight excluding hydrogens is 258 g/mol. The van der Waals surface area contributed by atoms with E-state index in [0.717, 1.165) is 25.7 Å². The number of benzene rings is 1. The van der Waals surface area contributed by atoms with Crippen molar-refractivity contribution >= 4 is 17.4 Å². The number of hydrogen-bond donors (Lipinski definition) is 2. The van der Waals surface area contributed by atoms with Gasteiger partial charge in [0.25, 0.3) is 5.69 Å². The van der Waals surface area contributed by atoms with Crippen LogP contribution in [0.25, 0.3) is 0 Å². The summed E-state index contributed by atoms with van der Waals surface area (Å²) >= 11 is 0. The fraction of sp³-hybridized carbons (Fsp3) is 0.500. The monoisotopic (exact) mass is 277 g/mol. The molecule has 1 aliphatic carbocycles. The standard InChI is InChI=1S/C14H19N3O3/c18-14(15-11-6-3-1-2-4-7-11)16-12-8-5-9-13(10-12)17(19)20/h5,8-11H,1-4,6-7H2,(H2,15,16,18). The average Bonchev–Trinajstić information content (AvgIpc) is 2.67. The van der Waals surface area contributed by atoms with Crippen LogP contribution < -0.4 is 10.6 Å². The van der Waals surface area contributed by atoms with Gasteiger partial charge in [0.2, 0.25) is 0 Å². The van der Waals surface area contributed by atoms with Crippen LogP contribution in [0.2, 0.25) is 0 Å². The Kier molecular flexibility index (Phi) is 4.92. The van der Waals surface area contributed by atoms with Crippen LogP contribution in [-0.2, 0) is 0 Å². The van der Waals surface area contributed by atoms with E-state index in [1.807, 2.05) is 0 Å². The molecule has 0 heterocycles. The molecule has 1 saturated carbocycles. The van der Waals surface area contributed by atoms with Gasteiger partial charge in [-0.15, -0.1) is 0 Å². The minimum absolute atomic E-state index is 0.0303. The summed E-state index contributed by atoms with van der Waals surface area (Å²) in [6.07, 6.45) is 6.74. The van der Waals surface area contributed by atoms with E-state index < -0.39 is 4.92 Å². The second kappa shape index (κ2) is 6.88. The summed E-state index contributed by atoms with van der Waals surface area (Å²) in [6.45, 7) is 0. The lowest BCUT2D eigenvalue weighted by Gasteiger charge is -2.16. The largest absolute Gasteiger partial charge is 0.335 e. The van der Waals surface area contributed by atoms with Crippen molar-refractivity contribution in [2.75, 3.05) is 5.32 Å². The minimum atomic E-state index is -0.478. The normalized spacial score (nSPS) is 16.2. The Hall–Kier alpha value is -2.11. The van der Waals surface area contributed by atoms with E-state index in [0.29, 0.717) is 5.69 Å². The number of carbonyl (C=O) groups is 1. The van der Waals surface area contributed by atoms with Gasteiger partial charge in [0, 0.05) is 23.9 Å². The topological polar surface area (TPSA) is 84.3 Å². The van der Waals surface area contributed by atoms with Crippen LogP contribution >= 0.6 is 0 Å². The van der Waals surface area contributed by atoms with E-state index in [1.165, 1.54) is 25.0 Å². The number of hydrogen-bond acceptors (Lipinski definition) is 3. The van der Waals surface area contributed by atoms with Crippen LogP contribution in [0, 0.1) is 10.1 Å².